The molecular formula is C16H18ClN3O6S. The topological polar surface area (TPSA) is 160 Å². The normalized spacial score (nSPS) is 14.5. The molecule has 0 aliphatic heterocycles. The zero-order valence-corrected chi connectivity index (χ0v) is 16.0. The molecule has 0 amide bonds. The van der Waals surface area contributed by atoms with Gasteiger partial charge in [0.1, 0.15) is 17.7 Å². The Hall–Kier alpha value is -2.45. The van der Waals surface area contributed by atoms with Crippen LogP contribution in [0.2, 0.25) is 5.02 Å². The van der Waals surface area contributed by atoms with Gasteiger partial charge in [-0.1, -0.05) is 11.6 Å². The van der Waals surface area contributed by atoms with Crippen molar-refractivity contribution in [2.24, 2.45) is 5.73 Å². The van der Waals surface area contributed by atoms with Crippen LogP contribution in [0, 0.1) is 11.3 Å². The van der Waals surface area contributed by atoms with Gasteiger partial charge in [0.15, 0.2) is 6.61 Å². The fourth-order valence-electron chi connectivity index (χ4n) is 1.86. The van der Waals surface area contributed by atoms with E-state index in [1.54, 1.807) is 6.07 Å². The number of benzene rings is 1. The van der Waals surface area contributed by atoms with Crippen molar-refractivity contribution in [2.45, 2.75) is 30.9 Å². The van der Waals surface area contributed by atoms with Gasteiger partial charge in [-0.3, -0.25) is 9.59 Å². The minimum atomic E-state index is -4.18. The Morgan fingerprint density at radius 2 is 1.93 bits per heavy atom. The Bertz CT molecular complexity index is 884. The molecule has 0 aliphatic rings. The van der Waals surface area contributed by atoms with Crippen LogP contribution in [0.25, 0.3) is 0 Å². The number of rotatable bonds is 8. The molecule has 9 nitrogen and oxygen atoms in total. The molecule has 1 aromatic rings. The number of ether oxygens (including phenoxy) is 1. The van der Waals surface area contributed by atoms with E-state index in [0.29, 0.717) is 5.02 Å². The second kappa shape index (κ2) is 9.48. The van der Waals surface area contributed by atoms with Crippen LogP contribution in [0.15, 0.2) is 40.4 Å². The van der Waals surface area contributed by atoms with E-state index in [9.17, 15) is 23.1 Å². The second-order valence-electron chi connectivity index (χ2n) is 5.49. The Kier molecular flexibility index (Phi) is 7.93. The summed E-state index contributed by atoms with van der Waals surface area (Å²) in [7, 11) is -4.18. The number of hydrogen-bond donors (Lipinski definition) is 3. The van der Waals surface area contributed by atoms with Crippen molar-refractivity contribution in [3.05, 3.63) is 40.6 Å². The smallest absolute Gasteiger partial charge is 0.327 e. The lowest BCUT2D eigenvalue weighted by atomic mass is 10.1. The third-order valence-electron chi connectivity index (χ3n) is 3.27. The van der Waals surface area contributed by atoms with Crippen LogP contribution in [0.4, 0.5) is 0 Å². The zero-order valence-electron chi connectivity index (χ0n) is 14.5. The number of sulfonamides is 1. The molecule has 2 unspecified atom stereocenters. The fourth-order valence-corrected chi connectivity index (χ4v) is 3.25. The van der Waals surface area contributed by atoms with Gasteiger partial charge in [0, 0.05) is 10.7 Å². The first-order valence-corrected chi connectivity index (χ1v) is 9.38. The molecule has 0 fully saturated rings. The number of nitrogens with one attached hydrogen (secondary N) is 1. The number of nitriles is 1. The lowest BCUT2D eigenvalue weighted by Gasteiger charge is -2.20. The zero-order chi connectivity index (χ0) is 20.8. The van der Waals surface area contributed by atoms with E-state index in [2.05, 4.69) is 0 Å². The summed E-state index contributed by atoms with van der Waals surface area (Å²) in [5, 5.41) is 18.9. The summed E-state index contributed by atoms with van der Waals surface area (Å²) in [5.41, 5.74) is 4.95. The average molecular weight is 416 g/mol. The van der Waals surface area contributed by atoms with E-state index >= 15 is 0 Å². The van der Waals surface area contributed by atoms with E-state index in [1.165, 1.54) is 38.1 Å². The Morgan fingerprint density at radius 1 is 1.37 bits per heavy atom. The van der Waals surface area contributed by atoms with E-state index < -0.39 is 40.5 Å². The van der Waals surface area contributed by atoms with Gasteiger partial charge in [-0.15, -0.1) is 0 Å². The third-order valence-corrected chi connectivity index (χ3v) is 4.98. The number of aliphatic hydroxyl groups excluding tert-OH is 1. The highest BCUT2D eigenvalue weighted by molar-refractivity contribution is 7.89. The highest BCUT2D eigenvalue weighted by Crippen LogP contribution is 2.15. The first kappa shape index (κ1) is 22.6. The molecular weight excluding hydrogens is 398 g/mol. The molecule has 0 bridgehead atoms. The third kappa shape index (κ3) is 6.33. The molecule has 0 heterocycles. The number of carbonyl (C=O) groups is 2. The molecule has 2 atom stereocenters. The first-order valence-electron chi connectivity index (χ1n) is 7.52. The highest BCUT2D eigenvalue weighted by atomic mass is 35.5. The SMILES string of the molecule is C/C(N)=C(/C#N)C(=O)COC(=O)C(NS(=O)(=O)c1ccc(Cl)cc1)C(C)O. The van der Waals surface area contributed by atoms with Crippen LogP contribution >= 0.6 is 11.6 Å². The molecule has 0 saturated carbocycles. The van der Waals surface area contributed by atoms with Gasteiger partial charge < -0.3 is 15.6 Å². The summed E-state index contributed by atoms with van der Waals surface area (Å²) in [5.74, 6) is -2.04. The number of allylic oxidation sites excluding steroid dienone is 1. The number of halogens is 1. The average Bonchev–Trinajstić information content (AvgIpc) is 2.58. The molecule has 1 rings (SSSR count). The van der Waals surface area contributed by atoms with Crippen molar-refractivity contribution in [1.82, 2.24) is 4.72 Å². The fraction of sp³-hybridized carbons (Fsp3) is 0.312. The second-order valence-corrected chi connectivity index (χ2v) is 7.64. The van der Waals surface area contributed by atoms with Crippen LogP contribution in [-0.2, 0) is 24.3 Å². The Morgan fingerprint density at radius 3 is 2.37 bits per heavy atom. The van der Waals surface area contributed by atoms with E-state index in [0.717, 1.165) is 0 Å². The minimum absolute atomic E-state index is 0.0472. The van der Waals surface area contributed by atoms with E-state index in [-0.39, 0.29) is 16.2 Å². The quantitative estimate of drug-likeness (QED) is 0.309. The summed E-state index contributed by atoms with van der Waals surface area (Å²) in [6.07, 6.45) is -1.46. The van der Waals surface area contributed by atoms with Crippen LogP contribution in [0.1, 0.15) is 13.8 Å². The van der Waals surface area contributed by atoms with Crippen LogP contribution in [-0.4, -0.2) is 44.0 Å². The maximum atomic E-state index is 12.3. The van der Waals surface area contributed by atoms with Crippen molar-refractivity contribution in [3.63, 3.8) is 0 Å². The molecule has 1 aromatic carbocycles. The number of nitrogens with two attached hydrogens (primary N) is 1. The van der Waals surface area contributed by atoms with Gasteiger partial charge in [0.2, 0.25) is 15.8 Å². The number of hydrogen-bond acceptors (Lipinski definition) is 8. The molecule has 11 heteroatoms. The van der Waals surface area contributed by atoms with Gasteiger partial charge in [0.25, 0.3) is 0 Å². The summed E-state index contributed by atoms with van der Waals surface area (Å²) in [4.78, 5) is 23.7. The van der Waals surface area contributed by atoms with Crippen LogP contribution in [0.5, 0.6) is 0 Å². The molecule has 27 heavy (non-hydrogen) atoms. The molecule has 0 aromatic heterocycles. The maximum absolute atomic E-state index is 12.3. The Balaban J connectivity index is 2.91. The highest BCUT2D eigenvalue weighted by Gasteiger charge is 2.31. The minimum Gasteiger partial charge on any atom is -0.456 e. The molecule has 146 valence electrons. The maximum Gasteiger partial charge on any atom is 0.327 e. The molecule has 0 aliphatic carbocycles. The molecule has 0 radical (unpaired) electrons. The lowest BCUT2D eigenvalue weighted by Crippen LogP contribution is -2.48. The van der Waals surface area contributed by atoms with Crippen LogP contribution in [0.3, 0.4) is 0 Å². The van der Waals surface area contributed by atoms with Gasteiger partial charge >= 0.3 is 5.97 Å². The number of ketones is 1. The Labute approximate surface area is 161 Å². The predicted molar refractivity (Wildman–Crippen MR) is 95.7 cm³/mol. The van der Waals surface area contributed by atoms with Crippen molar-refractivity contribution < 1.29 is 27.9 Å². The van der Waals surface area contributed by atoms with Crippen molar-refractivity contribution in [1.29, 1.82) is 5.26 Å². The van der Waals surface area contributed by atoms with Gasteiger partial charge in [-0.25, -0.2) is 8.42 Å². The van der Waals surface area contributed by atoms with Gasteiger partial charge in [-0.05, 0) is 38.1 Å². The molecule has 0 spiro atoms. The van der Waals surface area contributed by atoms with Crippen molar-refractivity contribution in [3.8, 4) is 6.07 Å². The standard InChI is InChI=1S/C16H18ClN3O6S/c1-9(19)13(7-18)14(22)8-26-16(23)15(10(2)21)20-27(24,25)12-5-3-11(17)4-6-12/h3-6,10,15,20-21H,8,19H2,1-2H3/b13-9+. The first-order chi connectivity index (χ1) is 12.5. The van der Waals surface area contributed by atoms with Crippen molar-refractivity contribution in [2.75, 3.05) is 6.61 Å². The summed E-state index contributed by atoms with van der Waals surface area (Å²) >= 11 is 5.70. The van der Waals surface area contributed by atoms with Gasteiger partial charge in [0.05, 0.1) is 11.0 Å². The van der Waals surface area contributed by atoms with Gasteiger partial charge in [-0.2, -0.15) is 9.98 Å². The number of Topliss-reactive ketones (excluding diaryl/α,β-unsaturated/α-hetero) is 1. The number of carbonyl (C=O) groups excluding carboxylic acids is 2. The predicted octanol–water partition coefficient (Wildman–Crippen LogP) is 0.236. The number of aliphatic hydroxyl groups is 1. The number of nitrogens with zero attached hydrogens (tertiary/aromatic N) is 1. The number of esters is 1. The van der Waals surface area contributed by atoms with E-state index in [4.69, 9.17) is 27.3 Å². The summed E-state index contributed by atoms with van der Waals surface area (Å²) in [6, 6.07) is 5.02. The molecule has 4 N–H and O–H groups in total. The van der Waals surface area contributed by atoms with E-state index in [1.807, 2.05) is 4.72 Å². The monoisotopic (exact) mass is 415 g/mol. The van der Waals surface area contributed by atoms with Crippen LogP contribution < -0.4 is 10.5 Å². The molecule has 0 saturated heterocycles. The lowest BCUT2D eigenvalue weighted by molar-refractivity contribution is -0.151. The largest absolute Gasteiger partial charge is 0.456 e. The summed E-state index contributed by atoms with van der Waals surface area (Å²) < 4.78 is 31.4. The van der Waals surface area contributed by atoms with Crippen molar-refractivity contribution >= 4 is 33.4 Å². The summed E-state index contributed by atoms with van der Waals surface area (Å²) in [6.45, 7) is 1.67.